The summed E-state index contributed by atoms with van der Waals surface area (Å²) in [6, 6.07) is 11.1. The van der Waals surface area contributed by atoms with Crippen LogP contribution in [0.1, 0.15) is 17.3 Å². The Morgan fingerprint density at radius 2 is 1.72 bits per heavy atom. The van der Waals surface area contributed by atoms with Crippen LogP contribution in [0, 0.1) is 0 Å². The second-order valence-corrected chi connectivity index (χ2v) is 7.18. The van der Waals surface area contributed by atoms with Crippen LogP contribution in [0.3, 0.4) is 0 Å². The van der Waals surface area contributed by atoms with E-state index in [1.54, 1.807) is 45.3 Å². The lowest BCUT2D eigenvalue weighted by Crippen LogP contribution is -2.57. The molecule has 1 atom stereocenters. The van der Waals surface area contributed by atoms with E-state index in [0.29, 0.717) is 17.2 Å². The van der Waals surface area contributed by atoms with Crippen LogP contribution in [-0.2, 0) is 9.59 Å². The average Bonchev–Trinajstić information content (AvgIpc) is 2.80. The third kappa shape index (κ3) is 4.48. The van der Waals surface area contributed by atoms with Gasteiger partial charge in [0.25, 0.3) is 17.7 Å². The van der Waals surface area contributed by atoms with E-state index in [2.05, 4.69) is 15.7 Å². The molecule has 0 bridgehead atoms. The van der Waals surface area contributed by atoms with Gasteiger partial charge in [-0.05, 0) is 25.1 Å². The molecule has 1 aliphatic rings. The van der Waals surface area contributed by atoms with E-state index in [-0.39, 0.29) is 28.9 Å². The molecular weight excluding hydrogens is 414 g/mol. The quantitative estimate of drug-likeness (QED) is 0.708. The number of methoxy groups -OCH3 is 2. The predicted molar refractivity (Wildman–Crippen MR) is 120 cm³/mol. The SMILES string of the molecule is COc1cc(NC(=O)C2=NC(C)C(=O)N(c3ccccc3)N2)c(C(=O)N(C)C)cc1OC. The van der Waals surface area contributed by atoms with Crippen molar-refractivity contribution < 1.29 is 23.9 Å². The van der Waals surface area contributed by atoms with Crippen molar-refractivity contribution in [3.8, 4) is 11.5 Å². The smallest absolute Gasteiger partial charge is 0.292 e. The first-order valence-electron chi connectivity index (χ1n) is 9.79. The maximum absolute atomic E-state index is 13.1. The van der Waals surface area contributed by atoms with Crippen LogP contribution in [0.4, 0.5) is 11.4 Å². The summed E-state index contributed by atoms with van der Waals surface area (Å²) < 4.78 is 10.6. The van der Waals surface area contributed by atoms with Gasteiger partial charge in [0, 0.05) is 20.2 Å². The maximum atomic E-state index is 13.1. The summed E-state index contributed by atoms with van der Waals surface area (Å²) in [6.45, 7) is 1.60. The van der Waals surface area contributed by atoms with Crippen molar-refractivity contribution >= 4 is 34.9 Å². The zero-order valence-electron chi connectivity index (χ0n) is 18.5. The molecule has 0 spiro atoms. The number of benzene rings is 2. The van der Waals surface area contributed by atoms with Crippen molar-refractivity contribution in [1.29, 1.82) is 0 Å². The molecule has 0 aliphatic carbocycles. The fourth-order valence-electron chi connectivity index (χ4n) is 3.09. The van der Waals surface area contributed by atoms with Gasteiger partial charge >= 0.3 is 0 Å². The van der Waals surface area contributed by atoms with Gasteiger partial charge in [0.2, 0.25) is 5.84 Å². The highest BCUT2D eigenvalue weighted by Gasteiger charge is 2.31. The van der Waals surface area contributed by atoms with Gasteiger partial charge in [-0.1, -0.05) is 18.2 Å². The van der Waals surface area contributed by atoms with Crippen molar-refractivity contribution in [3.05, 3.63) is 48.0 Å². The number of ether oxygens (including phenoxy) is 2. The highest BCUT2D eigenvalue weighted by atomic mass is 16.5. The Kier molecular flexibility index (Phi) is 6.62. The number of nitrogens with zero attached hydrogens (tertiary/aromatic N) is 3. The summed E-state index contributed by atoms with van der Waals surface area (Å²) in [5, 5.41) is 3.97. The minimum absolute atomic E-state index is 0.0704. The van der Waals surface area contributed by atoms with Gasteiger partial charge in [-0.3, -0.25) is 19.8 Å². The molecule has 1 unspecified atom stereocenters. The molecule has 3 amide bonds. The number of amidine groups is 1. The second kappa shape index (κ2) is 9.38. The van der Waals surface area contributed by atoms with Crippen LogP contribution in [0.25, 0.3) is 0 Å². The van der Waals surface area contributed by atoms with Gasteiger partial charge in [0.05, 0.1) is 31.2 Å². The Morgan fingerprint density at radius 3 is 2.31 bits per heavy atom. The van der Waals surface area contributed by atoms with Crippen molar-refractivity contribution in [1.82, 2.24) is 10.3 Å². The molecule has 10 heteroatoms. The molecule has 1 aliphatic heterocycles. The van der Waals surface area contributed by atoms with Crippen LogP contribution in [0.2, 0.25) is 0 Å². The maximum Gasteiger partial charge on any atom is 0.292 e. The lowest BCUT2D eigenvalue weighted by Gasteiger charge is -2.30. The number of rotatable bonds is 6. The van der Waals surface area contributed by atoms with E-state index < -0.39 is 11.9 Å². The predicted octanol–water partition coefficient (Wildman–Crippen LogP) is 1.68. The molecule has 0 saturated carbocycles. The summed E-state index contributed by atoms with van der Waals surface area (Å²) in [7, 11) is 6.11. The van der Waals surface area contributed by atoms with Crippen molar-refractivity contribution in [2.24, 2.45) is 4.99 Å². The van der Waals surface area contributed by atoms with Crippen LogP contribution in [-0.4, -0.2) is 62.8 Å². The molecule has 3 rings (SSSR count). The topological polar surface area (TPSA) is 113 Å². The summed E-state index contributed by atoms with van der Waals surface area (Å²) in [5.74, 6) is -0.648. The Labute approximate surface area is 185 Å². The van der Waals surface area contributed by atoms with Crippen LogP contribution < -0.4 is 25.2 Å². The standard InChI is InChI=1S/C22H25N5O5/c1-13-21(29)27(14-9-7-6-8-10-14)25-19(23-13)20(28)24-16-12-18(32-5)17(31-4)11-15(16)22(30)26(2)3/h6-13H,1-5H3,(H,23,25)(H,24,28). The minimum atomic E-state index is -0.773. The van der Waals surface area contributed by atoms with Gasteiger partial charge in [0.1, 0.15) is 6.04 Å². The van der Waals surface area contributed by atoms with E-state index >= 15 is 0 Å². The van der Waals surface area contributed by atoms with E-state index in [4.69, 9.17) is 9.47 Å². The Hall–Kier alpha value is -4.08. The molecule has 1 heterocycles. The van der Waals surface area contributed by atoms with E-state index in [1.165, 1.54) is 36.3 Å². The zero-order valence-corrected chi connectivity index (χ0v) is 18.5. The van der Waals surface area contributed by atoms with Crippen LogP contribution in [0.15, 0.2) is 47.5 Å². The zero-order chi connectivity index (χ0) is 23.4. The monoisotopic (exact) mass is 439 g/mol. The van der Waals surface area contributed by atoms with Crippen LogP contribution in [0.5, 0.6) is 11.5 Å². The van der Waals surface area contributed by atoms with Gasteiger partial charge in [-0.2, -0.15) is 0 Å². The fraction of sp³-hybridized carbons (Fsp3) is 0.273. The van der Waals surface area contributed by atoms with Crippen LogP contribution >= 0.6 is 0 Å². The molecule has 168 valence electrons. The molecule has 0 radical (unpaired) electrons. The first-order valence-corrected chi connectivity index (χ1v) is 9.79. The lowest BCUT2D eigenvalue weighted by atomic mass is 10.1. The number of anilines is 2. The second-order valence-electron chi connectivity index (χ2n) is 7.18. The Morgan fingerprint density at radius 1 is 1.09 bits per heavy atom. The number of hydrogen-bond donors (Lipinski definition) is 2. The van der Waals surface area contributed by atoms with Gasteiger partial charge in [-0.15, -0.1) is 0 Å². The van der Waals surface area contributed by atoms with Gasteiger partial charge in [-0.25, -0.2) is 10.0 Å². The fourth-order valence-corrected chi connectivity index (χ4v) is 3.09. The summed E-state index contributed by atoms with van der Waals surface area (Å²) in [6.07, 6.45) is 0. The van der Waals surface area contributed by atoms with E-state index in [1.807, 2.05) is 6.07 Å². The molecule has 0 aromatic heterocycles. The largest absolute Gasteiger partial charge is 0.493 e. The Bertz CT molecular complexity index is 1070. The molecule has 10 nitrogen and oxygen atoms in total. The molecular formula is C22H25N5O5. The highest BCUT2D eigenvalue weighted by Crippen LogP contribution is 2.34. The number of carbonyl (C=O) groups is 3. The summed E-state index contributed by atoms with van der Waals surface area (Å²) >= 11 is 0. The highest BCUT2D eigenvalue weighted by molar-refractivity contribution is 6.43. The normalized spacial score (nSPS) is 15.4. The molecule has 0 saturated heterocycles. The van der Waals surface area contributed by atoms with E-state index in [0.717, 1.165) is 0 Å². The molecule has 2 aromatic rings. The molecule has 32 heavy (non-hydrogen) atoms. The van der Waals surface area contributed by atoms with Crippen molar-refractivity contribution in [2.45, 2.75) is 13.0 Å². The Balaban J connectivity index is 1.94. The number of amides is 3. The number of nitrogens with one attached hydrogen (secondary N) is 2. The van der Waals surface area contributed by atoms with Crippen molar-refractivity contribution in [3.63, 3.8) is 0 Å². The summed E-state index contributed by atoms with van der Waals surface area (Å²) in [5.41, 5.74) is 3.76. The van der Waals surface area contributed by atoms with Gasteiger partial charge < -0.3 is 19.7 Å². The molecule has 2 aromatic carbocycles. The number of carbonyl (C=O) groups excluding carboxylic acids is 3. The minimum Gasteiger partial charge on any atom is -0.493 e. The third-order valence-electron chi connectivity index (χ3n) is 4.76. The first kappa shape index (κ1) is 22.6. The summed E-state index contributed by atoms with van der Waals surface area (Å²) in [4.78, 5) is 43.9. The number of hydrogen-bond acceptors (Lipinski definition) is 7. The van der Waals surface area contributed by atoms with E-state index in [9.17, 15) is 14.4 Å². The first-order chi connectivity index (χ1) is 15.3. The number of aliphatic imine (C=N–C) groups is 1. The lowest BCUT2D eigenvalue weighted by molar-refractivity contribution is -0.120. The molecule has 0 fully saturated rings. The third-order valence-corrected chi connectivity index (χ3v) is 4.76. The average molecular weight is 439 g/mol. The number of hydrazine groups is 1. The van der Waals surface area contributed by atoms with Gasteiger partial charge in [0.15, 0.2) is 11.5 Å². The molecule has 2 N–H and O–H groups in total. The number of para-hydroxylation sites is 1. The van der Waals surface area contributed by atoms with Crippen molar-refractivity contribution in [2.75, 3.05) is 38.6 Å².